The van der Waals surface area contributed by atoms with E-state index >= 15 is 0 Å². The highest BCUT2D eigenvalue weighted by Gasteiger charge is 2.07. The van der Waals surface area contributed by atoms with Gasteiger partial charge in [-0.15, -0.1) is 0 Å². The van der Waals surface area contributed by atoms with E-state index in [0.717, 1.165) is 0 Å². The number of ether oxygens (including phenoxy) is 1. The van der Waals surface area contributed by atoms with Gasteiger partial charge in [0.05, 0.1) is 18.9 Å². The first-order valence-electron chi connectivity index (χ1n) is 5.47. The first-order chi connectivity index (χ1) is 9.19. The lowest BCUT2D eigenvalue weighted by Crippen LogP contribution is -2.12. The molecule has 6 heteroatoms. The van der Waals surface area contributed by atoms with Gasteiger partial charge >= 0.3 is 6.09 Å². The second kappa shape index (κ2) is 5.72. The molecule has 0 aliphatic heterocycles. The molecule has 6 nitrogen and oxygen atoms in total. The normalized spacial score (nSPS) is 9.74. The van der Waals surface area contributed by atoms with Crippen molar-refractivity contribution in [3.63, 3.8) is 0 Å². The van der Waals surface area contributed by atoms with Gasteiger partial charge in [-0.3, -0.25) is 10.1 Å². The smallest absolute Gasteiger partial charge is 0.411 e. The van der Waals surface area contributed by atoms with E-state index in [4.69, 9.17) is 4.42 Å². The van der Waals surface area contributed by atoms with Crippen molar-refractivity contribution in [2.45, 2.75) is 0 Å². The number of methoxy groups -OCH3 is 1. The lowest BCUT2D eigenvalue weighted by atomic mass is 10.2. The van der Waals surface area contributed by atoms with Gasteiger partial charge in [0.1, 0.15) is 6.26 Å². The summed E-state index contributed by atoms with van der Waals surface area (Å²) in [6, 6.07) is 8.22. The summed E-state index contributed by atoms with van der Waals surface area (Å²) in [4.78, 5) is 22.7. The lowest BCUT2D eigenvalue weighted by Gasteiger charge is -2.06. The molecular formula is C13H12N2O4. The van der Waals surface area contributed by atoms with E-state index in [1.807, 2.05) is 0 Å². The average Bonchev–Trinajstić information content (AvgIpc) is 2.95. The molecule has 0 saturated carbocycles. The highest BCUT2D eigenvalue weighted by molar-refractivity contribution is 6.04. The zero-order valence-electron chi connectivity index (χ0n) is 10.2. The largest absolute Gasteiger partial charge is 0.472 e. The number of carbonyl (C=O) groups excluding carboxylic acids is 2. The Morgan fingerprint density at radius 2 is 1.68 bits per heavy atom. The van der Waals surface area contributed by atoms with Gasteiger partial charge in [0.25, 0.3) is 5.91 Å². The summed E-state index contributed by atoms with van der Waals surface area (Å²) >= 11 is 0. The van der Waals surface area contributed by atoms with Gasteiger partial charge in [-0.05, 0) is 30.3 Å². The van der Waals surface area contributed by atoms with Crippen LogP contribution in [-0.4, -0.2) is 19.1 Å². The summed E-state index contributed by atoms with van der Waals surface area (Å²) in [7, 11) is 1.29. The van der Waals surface area contributed by atoms with E-state index in [9.17, 15) is 9.59 Å². The first kappa shape index (κ1) is 12.7. The Morgan fingerprint density at radius 1 is 1.05 bits per heavy atom. The molecular weight excluding hydrogens is 248 g/mol. The van der Waals surface area contributed by atoms with Crippen molar-refractivity contribution in [3.8, 4) is 0 Å². The van der Waals surface area contributed by atoms with E-state index in [2.05, 4.69) is 15.4 Å². The van der Waals surface area contributed by atoms with Crippen LogP contribution >= 0.6 is 0 Å². The van der Waals surface area contributed by atoms with Crippen LogP contribution in [-0.2, 0) is 4.74 Å². The molecule has 0 fully saturated rings. The van der Waals surface area contributed by atoms with Crippen molar-refractivity contribution < 1.29 is 18.7 Å². The van der Waals surface area contributed by atoms with Crippen LogP contribution in [0, 0.1) is 0 Å². The van der Waals surface area contributed by atoms with Crippen molar-refractivity contribution in [2.24, 2.45) is 0 Å². The van der Waals surface area contributed by atoms with Crippen LogP contribution in [0.1, 0.15) is 10.4 Å². The van der Waals surface area contributed by atoms with Crippen LogP contribution in [0.4, 0.5) is 16.2 Å². The van der Waals surface area contributed by atoms with Crippen molar-refractivity contribution in [1.82, 2.24) is 0 Å². The molecule has 0 bridgehead atoms. The van der Waals surface area contributed by atoms with Gasteiger partial charge < -0.3 is 14.5 Å². The van der Waals surface area contributed by atoms with Crippen LogP contribution in [0.2, 0.25) is 0 Å². The number of amides is 2. The minimum absolute atomic E-state index is 0.262. The predicted octanol–water partition coefficient (Wildman–Crippen LogP) is 2.71. The number of anilines is 2. The fraction of sp³-hybridized carbons (Fsp3) is 0.0769. The quantitative estimate of drug-likeness (QED) is 0.889. The highest BCUT2D eigenvalue weighted by Crippen LogP contribution is 2.15. The van der Waals surface area contributed by atoms with E-state index in [0.29, 0.717) is 16.9 Å². The summed E-state index contributed by atoms with van der Waals surface area (Å²) in [5.74, 6) is -0.262. The number of hydrogen-bond acceptors (Lipinski definition) is 4. The van der Waals surface area contributed by atoms with Crippen molar-refractivity contribution >= 4 is 23.4 Å². The van der Waals surface area contributed by atoms with Gasteiger partial charge in [0, 0.05) is 11.4 Å². The molecule has 0 spiro atoms. The molecule has 0 aliphatic rings. The van der Waals surface area contributed by atoms with E-state index in [-0.39, 0.29) is 5.91 Å². The van der Waals surface area contributed by atoms with Gasteiger partial charge in [-0.2, -0.15) is 0 Å². The molecule has 0 radical (unpaired) electrons. The third-order valence-electron chi connectivity index (χ3n) is 2.36. The Labute approximate surface area is 109 Å². The molecule has 1 aromatic heterocycles. The van der Waals surface area contributed by atoms with E-state index in [1.54, 1.807) is 30.3 Å². The van der Waals surface area contributed by atoms with Crippen LogP contribution in [0.3, 0.4) is 0 Å². The summed E-state index contributed by atoms with van der Waals surface area (Å²) in [6.07, 6.45) is 2.25. The van der Waals surface area contributed by atoms with Crippen molar-refractivity contribution in [3.05, 3.63) is 48.4 Å². The minimum Gasteiger partial charge on any atom is -0.472 e. The van der Waals surface area contributed by atoms with Crippen LogP contribution in [0.5, 0.6) is 0 Å². The van der Waals surface area contributed by atoms with E-state index in [1.165, 1.54) is 19.6 Å². The molecule has 0 unspecified atom stereocenters. The van der Waals surface area contributed by atoms with Gasteiger partial charge in [-0.25, -0.2) is 4.79 Å². The van der Waals surface area contributed by atoms with Crippen LogP contribution in [0.25, 0.3) is 0 Å². The number of benzene rings is 1. The second-order valence-corrected chi connectivity index (χ2v) is 3.66. The minimum atomic E-state index is -0.546. The highest BCUT2D eigenvalue weighted by atomic mass is 16.5. The maximum absolute atomic E-state index is 11.7. The first-order valence-corrected chi connectivity index (χ1v) is 5.47. The summed E-state index contributed by atoms with van der Waals surface area (Å²) in [6.45, 7) is 0. The number of rotatable bonds is 3. The SMILES string of the molecule is COC(=O)Nc1ccc(NC(=O)c2ccoc2)cc1. The van der Waals surface area contributed by atoms with Gasteiger partial charge in [0.15, 0.2) is 0 Å². The predicted molar refractivity (Wildman–Crippen MR) is 69.1 cm³/mol. The fourth-order valence-corrected chi connectivity index (χ4v) is 1.40. The Hall–Kier alpha value is -2.76. The molecule has 1 aromatic carbocycles. The molecule has 2 rings (SSSR count). The maximum Gasteiger partial charge on any atom is 0.411 e. The zero-order chi connectivity index (χ0) is 13.7. The number of hydrogen-bond donors (Lipinski definition) is 2. The molecule has 2 amide bonds. The number of carbonyl (C=O) groups is 2. The summed E-state index contributed by atoms with van der Waals surface area (Å²) < 4.78 is 9.29. The lowest BCUT2D eigenvalue weighted by molar-refractivity contribution is 0.102. The third kappa shape index (κ3) is 3.35. The molecule has 0 aliphatic carbocycles. The van der Waals surface area contributed by atoms with E-state index < -0.39 is 6.09 Å². The van der Waals surface area contributed by atoms with Gasteiger partial charge in [-0.1, -0.05) is 0 Å². The maximum atomic E-state index is 11.7. The second-order valence-electron chi connectivity index (χ2n) is 3.66. The van der Waals surface area contributed by atoms with Crippen molar-refractivity contribution in [1.29, 1.82) is 0 Å². The Bertz CT molecular complexity index is 561. The Morgan fingerprint density at radius 3 is 2.21 bits per heavy atom. The topological polar surface area (TPSA) is 80.6 Å². The van der Waals surface area contributed by atoms with Crippen molar-refractivity contribution in [2.75, 3.05) is 17.7 Å². The summed E-state index contributed by atoms with van der Waals surface area (Å²) in [5, 5.41) is 5.21. The molecule has 0 atom stereocenters. The Balaban J connectivity index is 1.99. The number of nitrogens with one attached hydrogen (secondary N) is 2. The molecule has 1 heterocycles. The zero-order valence-corrected chi connectivity index (χ0v) is 10.2. The van der Waals surface area contributed by atoms with Crippen LogP contribution < -0.4 is 10.6 Å². The summed E-state index contributed by atoms with van der Waals surface area (Å²) in [5.41, 5.74) is 1.63. The standard InChI is InChI=1S/C13H12N2O4/c1-18-13(17)15-11-4-2-10(3-5-11)14-12(16)9-6-7-19-8-9/h2-8H,1H3,(H,14,16)(H,15,17). The Kier molecular flexibility index (Phi) is 3.82. The monoisotopic (exact) mass is 260 g/mol. The number of furan rings is 1. The molecule has 2 N–H and O–H groups in total. The molecule has 98 valence electrons. The molecule has 2 aromatic rings. The molecule has 19 heavy (non-hydrogen) atoms. The van der Waals surface area contributed by atoms with Gasteiger partial charge in [0.2, 0.25) is 0 Å². The third-order valence-corrected chi connectivity index (χ3v) is 2.36. The van der Waals surface area contributed by atoms with Crippen LogP contribution in [0.15, 0.2) is 47.3 Å². The molecule has 0 saturated heterocycles. The fourth-order valence-electron chi connectivity index (χ4n) is 1.40. The average molecular weight is 260 g/mol.